The molecular formula is C15H20. The predicted octanol–water partition coefficient (Wildman–Crippen LogP) is 4.15. The van der Waals surface area contributed by atoms with Crippen LogP contribution < -0.4 is 0 Å². The van der Waals surface area contributed by atoms with Crippen LogP contribution in [0.3, 0.4) is 0 Å². The molecule has 2 aliphatic carbocycles. The van der Waals surface area contributed by atoms with Crippen molar-refractivity contribution < 1.29 is 0 Å². The Morgan fingerprint density at radius 1 is 1.07 bits per heavy atom. The molecule has 0 radical (unpaired) electrons. The van der Waals surface area contributed by atoms with E-state index in [2.05, 4.69) is 31.2 Å². The Bertz CT molecular complexity index is 353. The molecule has 3 rings (SSSR count). The summed E-state index contributed by atoms with van der Waals surface area (Å²) >= 11 is 0. The smallest absolute Gasteiger partial charge is 0.0157 e. The highest BCUT2D eigenvalue weighted by atomic mass is 14.4. The van der Waals surface area contributed by atoms with Crippen molar-refractivity contribution in [2.75, 3.05) is 0 Å². The molecule has 0 nitrogen and oxygen atoms in total. The standard InChI is InChI=1S/C15H20/c1-11-14-8-4-2-6-12(14)10-13-7-3-5-9-15(11)13/h2,4,6,8,11,13,15H,3,5,7,9-10H2,1H3/t11-,13-,15-/m0/s1. The molecular weight excluding hydrogens is 180 g/mol. The topological polar surface area (TPSA) is 0 Å². The van der Waals surface area contributed by atoms with Crippen LogP contribution >= 0.6 is 0 Å². The summed E-state index contributed by atoms with van der Waals surface area (Å²) in [4.78, 5) is 0. The lowest BCUT2D eigenvalue weighted by molar-refractivity contribution is 0.191. The summed E-state index contributed by atoms with van der Waals surface area (Å²) in [6.07, 6.45) is 7.23. The minimum absolute atomic E-state index is 0.806. The number of rotatable bonds is 0. The molecule has 0 heteroatoms. The van der Waals surface area contributed by atoms with Crippen molar-refractivity contribution in [2.24, 2.45) is 11.8 Å². The SMILES string of the molecule is C[C@H]1c2ccccc2C[C@@H]2CCCC[C@H]21. The maximum atomic E-state index is 2.45. The molecule has 1 aromatic rings. The van der Waals surface area contributed by atoms with E-state index in [-0.39, 0.29) is 0 Å². The third-order valence-electron chi connectivity index (χ3n) is 4.64. The van der Waals surface area contributed by atoms with Crippen LogP contribution in [0.2, 0.25) is 0 Å². The molecule has 0 aliphatic heterocycles. The minimum Gasteiger partial charge on any atom is -0.0620 e. The fourth-order valence-corrected chi connectivity index (χ4v) is 3.83. The largest absolute Gasteiger partial charge is 0.0620 e. The number of hydrogen-bond donors (Lipinski definition) is 0. The van der Waals surface area contributed by atoms with Crippen molar-refractivity contribution in [3.8, 4) is 0 Å². The van der Waals surface area contributed by atoms with E-state index in [0.717, 1.165) is 17.8 Å². The lowest BCUT2D eigenvalue weighted by atomic mass is 9.64. The molecule has 0 unspecified atom stereocenters. The molecule has 1 saturated carbocycles. The summed E-state index contributed by atoms with van der Waals surface area (Å²) in [6.45, 7) is 2.45. The number of fused-ring (bicyclic) bond motifs is 2. The van der Waals surface area contributed by atoms with Crippen molar-refractivity contribution >= 4 is 0 Å². The van der Waals surface area contributed by atoms with Gasteiger partial charge in [0.15, 0.2) is 0 Å². The third-order valence-corrected chi connectivity index (χ3v) is 4.64. The van der Waals surface area contributed by atoms with E-state index in [9.17, 15) is 0 Å². The Kier molecular flexibility index (Phi) is 2.31. The normalized spacial score (nSPS) is 34.3. The van der Waals surface area contributed by atoms with Crippen molar-refractivity contribution in [2.45, 2.75) is 44.9 Å². The number of benzene rings is 1. The monoisotopic (exact) mass is 200 g/mol. The Labute approximate surface area is 92.7 Å². The van der Waals surface area contributed by atoms with Gasteiger partial charge in [0.2, 0.25) is 0 Å². The molecule has 2 aliphatic rings. The summed E-state index contributed by atoms with van der Waals surface area (Å²) in [6, 6.07) is 9.11. The van der Waals surface area contributed by atoms with Gasteiger partial charge >= 0.3 is 0 Å². The zero-order chi connectivity index (χ0) is 10.3. The molecule has 15 heavy (non-hydrogen) atoms. The van der Waals surface area contributed by atoms with Crippen molar-refractivity contribution in [1.29, 1.82) is 0 Å². The van der Waals surface area contributed by atoms with Gasteiger partial charge in [-0.25, -0.2) is 0 Å². The number of hydrogen-bond acceptors (Lipinski definition) is 0. The van der Waals surface area contributed by atoms with Gasteiger partial charge in [0.05, 0.1) is 0 Å². The van der Waals surface area contributed by atoms with Gasteiger partial charge in [-0.2, -0.15) is 0 Å². The van der Waals surface area contributed by atoms with E-state index < -0.39 is 0 Å². The molecule has 1 aromatic carbocycles. The third kappa shape index (κ3) is 1.51. The van der Waals surface area contributed by atoms with E-state index in [1.54, 1.807) is 11.1 Å². The minimum atomic E-state index is 0.806. The van der Waals surface area contributed by atoms with Crippen molar-refractivity contribution in [3.63, 3.8) is 0 Å². The highest BCUT2D eigenvalue weighted by molar-refractivity contribution is 5.33. The molecule has 1 fully saturated rings. The highest BCUT2D eigenvalue weighted by Gasteiger charge is 2.34. The van der Waals surface area contributed by atoms with Crippen molar-refractivity contribution in [3.05, 3.63) is 35.4 Å². The molecule has 0 spiro atoms. The van der Waals surface area contributed by atoms with Gasteiger partial charge in [0.25, 0.3) is 0 Å². The highest BCUT2D eigenvalue weighted by Crippen LogP contribution is 2.46. The summed E-state index contributed by atoms with van der Waals surface area (Å²) in [5.74, 6) is 2.78. The summed E-state index contributed by atoms with van der Waals surface area (Å²) in [5.41, 5.74) is 3.27. The molecule has 0 aromatic heterocycles. The molecule has 0 amide bonds. The summed E-state index contributed by atoms with van der Waals surface area (Å²) in [5, 5.41) is 0. The molecule has 3 atom stereocenters. The zero-order valence-corrected chi connectivity index (χ0v) is 9.58. The maximum absolute atomic E-state index is 2.45. The van der Waals surface area contributed by atoms with E-state index >= 15 is 0 Å². The first-order valence-electron chi connectivity index (χ1n) is 6.44. The van der Waals surface area contributed by atoms with Gasteiger partial charge in [-0.3, -0.25) is 0 Å². The van der Waals surface area contributed by atoms with Gasteiger partial charge in [-0.05, 0) is 48.1 Å². The molecule has 0 bridgehead atoms. The first kappa shape index (κ1) is 9.45. The predicted molar refractivity (Wildman–Crippen MR) is 64.0 cm³/mol. The lowest BCUT2D eigenvalue weighted by Gasteiger charge is -2.41. The zero-order valence-electron chi connectivity index (χ0n) is 9.58. The summed E-state index contributed by atoms with van der Waals surface area (Å²) in [7, 11) is 0. The van der Waals surface area contributed by atoms with Crippen LogP contribution in [0.25, 0.3) is 0 Å². The maximum Gasteiger partial charge on any atom is -0.0157 e. The van der Waals surface area contributed by atoms with Gasteiger partial charge in [0.1, 0.15) is 0 Å². The van der Waals surface area contributed by atoms with Gasteiger partial charge in [0, 0.05) is 0 Å². The van der Waals surface area contributed by atoms with Gasteiger partial charge in [-0.1, -0.05) is 44.0 Å². The van der Waals surface area contributed by atoms with Gasteiger partial charge < -0.3 is 0 Å². The average Bonchev–Trinajstić information content (AvgIpc) is 2.30. The molecule has 0 heterocycles. The Balaban J connectivity index is 1.98. The first-order valence-corrected chi connectivity index (χ1v) is 6.44. The van der Waals surface area contributed by atoms with Crippen LogP contribution in [-0.2, 0) is 6.42 Å². The van der Waals surface area contributed by atoms with Crippen LogP contribution in [0, 0.1) is 11.8 Å². The average molecular weight is 200 g/mol. The van der Waals surface area contributed by atoms with E-state index in [4.69, 9.17) is 0 Å². The van der Waals surface area contributed by atoms with Gasteiger partial charge in [-0.15, -0.1) is 0 Å². The lowest BCUT2D eigenvalue weighted by Crippen LogP contribution is -2.30. The fourth-order valence-electron chi connectivity index (χ4n) is 3.83. The second-order valence-electron chi connectivity index (χ2n) is 5.40. The molecule has 0 N–H and O–H groups in total. The van der Waals surface area contributed by atoms with Crippen LogP contribution in [0.5, 0.6) is 0 Å². The first-order chi connectivity index (χ1) is 7.36. The Hall–Kier alpha value is -0.780. The van der Waals surface area contributed by atoms with Crippen LogP contribution in [-0.4, -0.2) is 0 Å². The second kappa shape index (κ2) is 3.66. The van der Waals surface area contributed by atoms with E-state index in [1.165, 1.54) is 32.1 Å². The van der Waals surface area contributed by atoms with Crippen LogP contribution in [0.1, 0.15) is 49.7 Å². The summed E-state index contributed by atoms with van der Waals surface area (Å²) < 4.78 is 0. The quantitative estimate of drug-likeness (QED) is 0.590. The second-order valence-corrected chi connectivity index (χ2v) is 5.40. The van der Waals surface area contributed by atoms with E-state index in [1.807, 2.05) is 0 Å². The molecule has 0 saturated heterocycles. The fraction of sp³-hybridized carbons (Fsp3) is 0.600. The van der Waals surface area contributed by atoms with Crippen molar-refractivity contribution in [1.82, 2.24) is 0 Å². The molecule has 80 valence electrons. The van der Waals surface area contributed by atoms with Crippen LogP contribution in [0.15, 0.2) is 24.3 Å². The van der Waals surface area contributed by atoms with E-state index in [0.29, 0.717) is 0 Å². The Morgan fingerprint density at radius 2 is 1.87 bits per heavy atom. The van der Waals surface area contributed by atoms with Crippen LogP contribution in [0.4, 0.5) is 0 Å². The Morgan fingerprint density at radius 3 is 2.80 bits per heavy atom.